The molecule has 90 valence electrons. The molecular formula is C11H12ClN3OS. The Kier molecular flexibility index (Phi) is 3.81. The average molecular weight is 270 g/mol. The maximum absolute atomic E-state index is 5.91. The van der Waals surface area contributed by atoms with Crippen LogP contribution in [-0.4, -0.2) is 17.2 Å². The van der Waals surface area contributed by atoms with E-state index in [1.807, 2.05) is 26.1 Å². The van der Waals surface area contributed by atoms with Gasteiger partial charge >= 0.3 is 0 Å². The first-order chi connectivity index (χ1) is 8.19. The zero-order valence-electron chi connectivity index (χ0n) is 9.53. The van der Waals surface area contributed by atoms with Crippen LogP contribution in [0.5, 0.6) is 5.75 Å². The lowest BCUT2D eigenvalue weighted by atomic mass is 10.2. The van der Waals surface area contributed by atoms with E-state index in [-0.39, 0.29) is 0 Å². The number of ether oxygens (including phenoxy) is 1. The van der Waals surface area contributed by atoms with E-state index in [0.29, 0.717) is 11.6 Å². The van der Waals surface area contributed by atoms with Crippen LogP contribution in [0.4, 0.5) is 5.13 Å². The van der Waals surface area contributed by atoms with Gasteiger partial charge in [0.15, 0.2) is 5.01 Å². The summed E-state index contributed by atoms with van der Waals surface area (Å²) in [5.41, 5.74) is 1.05. The molecule has 0 unspecified atom stereocenters. The number of nitrogens with one attached hydrogen (secondary N) is 1. The minimum Gasteiger partial charge on any atom is -0.486 e. The SMILES string of the molecule is CNc1nnc(COc2cc(Cl)ccc2C)s1. The molecule has 0 aliphatic heterocycles. The third-order valence-electron chi connectivity index (χ3n) is 2.18. The number of aryl methyl sites for hydroxylation is 1. The molecule has 0 amide bonds. The fourth-order valence-corrected chi connectivity index (χ4v) is 2.05. The van der Waals surface area contributed by atoms with Crippen molar-refractivity contribution in [2.24, 2.45) is 0 Å². The highest BCUT2D eigenvalue weighted by Gasteiger charge is 2.05. The van der Waals surface area contributed by atoms with E-state index in [0.717, 1.165) is 21.5 Å². The normalized spacial score (nSPS) is 10.3. The van der Waals surface area contributed by atoms with Crippen LogP contribution < -0.4 is 10.1 Å². The Labute approximate surface area is 109 Å². The Bertz CT molecular complexity index is 515. The molecule has 0 aliphatic carbocycles. The zero-order valence-corrected chi connectivity index (χ0v) is 11.1. The van der Waals surface area contributed by atoms with Crippen LogP contribution in [0.25, 0.3) is 0 Å². The molecule has 17 heavy (non-hydrogen) atoms. The summed E-state index contributed by atoms with van der Waals surface area (Å²) in [5.74, 6) is 0.777. The molecule has 0 spiro atoms. The monoisotopic (exact) mass is 269 g/mol. The number of hydrogen-bond donors (Lipinski definition) is 1. The Balaban J connectivity index is 2.04. The number of halogens is 1. The fraction of sp³-hybridized carbons (Fsp3) is 0.273. The molecule has 0 aliphatic rings. The van der Waals surface area contributed by atoms with Crippen LogP contribution >= 0.6 is 22.9 Å². The first-order valence-corrected chi connectivity index (χ1v) is 6.27. The first kappa shape index (κ1) is 12.1. The summed E-state index contributed by atoms with van der Waals surface area (Å²) < 4.78 is 5.66. The molecule has 1 heterocycles. The summed E-state index contributed by atoms with van der Waals surface area (Å²) in [6, 6.07) is 5.57. The van der Waals surface area contributed by atoms with Gasteiger partial charge in [-0.3, -0.25) is 0 Å². The summed E-state index contributed by atoms with van der Waals surface area (Å²) >= 11 is 7.38. The summed E-state index contributed by atoms with van der Waals surface area (Å²) in [5, 5.41) is 13.2. The van der Waals surface area contributed by atoms with Gasteiger partial charge in [-0.15, -0.1) is 10.2 Å². The minimum atomic E-state index is 0.403. The predicted molar refractivity (Wildman–Crippen MR) is 70.0 cm³/mol. The van der Waals surface area contributed by atoms with Crippen molar-refractivity contribution < 1.29 is 4.74 Å². The van der Waals surface area contributed by atoms with Gasteiger partial charge in [-0.05, 0) is 24.6 Å². The molecule has 0 radical (unpaired) electrons. The lowest BCUT2D eigenvalue weighted by Crippen LogP contribution is -1.96. The first-order valence-electron chi connectivity index (χ1n) is 5.08. The number of hydrogen-bond acceptors (Lipinski definition) is 5. The average Bonchev–Trinajstić information content (AvgIpc) is 2.78. The number of benzene rings is 1. The van der Waals surface area contributed by atoms with Gasteiger partial charge in [0, 0.05) is 12.1 Å². The van der Waals surface area contributed by atoms with Gasteiger partial charge in [0.2, 0.25) is 5.13 Å². The smallest absolute Gasteiger partial charge is 0.205 e. The van der Waals surface area contributed by atoms with Crippen LogP contribution in [0, 0.1) is 6.92 Å². The predicted octanol–water partition coefficient (Wildman–Crippen LogP) is 3.12. The van der Waals surface area contributed by atoms with Crippen LogP contribution in [0.2, 0.25) is 5.02 Å². The van der Waals surface area contributed by atoms with Crippen LogP contribution in [0.3, 0.4) is 0 Å². The van der Waals surface area contributed by atoms with Crippen molar-refractivity contribution in [3.05, 3.63) is 33.8 Å². The van der Waals surface area contributed by atoms with Crippen molar-refractivity contribution >= 4 is 28.1 Å². The van der Waals surface area contributed by atoms with Crippen LogP contribution in [0.15, 0.2) is 18.2 Å². The van der Waals surface area contributed by atoms with Gasteiger partial charge in [0.25, 0.3) is 0 Å². The second-order valence-corrected chi connectivity index (χ2v) is 4.95. The van der Waals surface area contributed by atoms with E-state index < -0.39 is 0 Å². The van der Waals surface area contributed by atoms with Gasteiger partial charge in [-0.25, -0.2) is 0 Å². The van der Waals surface area contributed by atoms with Crippen molar-refractivity contribution in [2.75, 3.05) is 12.4 Å². The Morgan fingerprint density at radius 1 is 1.41 bits per heavy atom. The molecule has 6 heteroatoms. The maximum Gasteiger partial charge on any atom is 0.205 e. The summed E-state index contributed by atoms with van der Waals surface area (Å²) in [6.07, 6.45) is 0. The highest BCUT2D eigenvalue weighted by atomic mass is 35.5. The van der Waals surface area contributed by atoms with Gasteiger partial charge in [-0.2, -0.15) is 0 Å². The highest BCUT2D eigenvalue weighted by molar-refractivity contribution is 7.15. The van der Waals surface area contributed by atoms with Crippen molar-refractivity contribution in [1.29, 1.82) is 0 Å². The summed E-state index contributed by atoms with van der Waals surface area (Å²) in [7, 11) is 1.81. The van der Waals surface area contributed by atoms with Crippen molar-refractivity contribution in [1.82, 2.24) is 10.2 Å². The van der Waals surface area contributed by atoms with E-state index in [1.165, 1.54) is 11.3 Å². The molecular weight excluding hydrogens is 258 g/mol. The second kappa shape index (κ2) is 5.33. The largest absolute Gasteiger partial charge is 0.486 e. The quantitative estimate of drug-likeness (QED) is 0.926. The standard InChI is InChI=1S/C11H12ClN3OS/c1-7-3-4-8(12)5-9(7)16-6-10-14-15-11(13-2)17-10/h3-5H,6H2,1-2H3,(H,13,15). The fourth-order valence-electron chi connectivity index (χ4n) is 1.28. The second-order valence-electron chi connectivity index (χ2n) is 3.45. The van der Waals surface area contributed by atoms with Crippen LogP contribution in [-0.2, 0) is 6.61 Å². The van der Waals surface area contributed by atoms with E-state index in [1.54, 1.807) is 6.07 Å². The zero-order chi connectivity index (χ0) is 12.3. The van der Waals surface area contributed by atoms with Crippen molar-refractivity contribution in [3.63, 3.8) is 0 Å². The molecule has 0 bridgehead atoms. The van der Waals surface area contributed by atoms with E-state index in [4.69, 9.17) is 16.3 Å². The van der Waals surface area contributed by atoms with Crippen molar-refractivity contribution in [2.45, 2.75) is 13.5 Å². The number of anilines is 1. The topological polar surface area (TPSA) is 47.0 Å². The third-order valence-corrected chi connectivity index (χ3v) is 3.33. The van der Waals surface area contributed by atoms with Gasteiger partial charge in [0.05, 0.1) is 0 Å². The minimum absolute atomic E-state index is 0.403. The van der Waals surface area contributed by atoms with E-state index in [9.17, 15) is 0 Å². The van der Waals surface area contributed by atoms with Gasteiger partial charge in [-0.1, -0.05) is 29.0 Å². The molecule has 0 saturated carbocycles. The Hall–Kier alpha value is -1.33. The molecule has 0 saturated heterocycles. The lowest BCUT2D eigenvalue weighted by molar-refractivity contribution is 0.302. The maximum atomic E-state index is 5.91. The molecule has 0 atom stereocenters. The third kappa shape index (κ3) is 3.08. The Morgan fingerprint density at radius 2 is 2.24 bits per heavy atom. The Morgan fingerprint density at radius 3 is 2.94 bits per heavy atom. The van der Waals surface area contributed by atoms with Gasteiger partial charge < -0.3 is 10.1 Å². The van der Waals surface area contributed by atoms with Crippen molar-refractivity contribution in [3.8, 4) is 5.75 Å². The molecule has 1 aromatic carbocycles. The van der Waals surface area contributed by atoms with Crippen LogP contribution in [0.1, 0.15) is 10.6 Å². The molecule has 2 rings (SSSR count). The summed E-state index contributed by atoms with van der Waals surface area (Å²) in [6.45, 7) is 2.38. The molecule has 0 fully saturated rings. The van der Waals surface area contributed by atoms with E-state index in [2.05, 4.69) is 15.5 Å². The van der Waals surface area contributed by atoms with E-state index >= 15 is 0 Å². The molecule has 2 aromatic rings. The van der Waals surface area contributed by atoms with Gasteiger partial charge in [0.1, 0.15) is 12.4 Å². The molecule has 1 aromatic heterocycles. The molecule has 4 nitrogen and oxygen atoms in total. The number of nitrogens with zero attached hydrogens (tertiary/aromatic N) is 2. The number of aromatic nitrogens is 2. The number of rotatable bonds is 4. The summed E-state index contributed by atoms with van der Waals surface area (Å²) in [4.78, 5) is 0. The molecule has 1 N–H and O–H groups in total. The highest BCUT2D eigenvalue weighted by Crippen LogP contribution is 2.24. The lowest BCUT2D eigenvalue weighted by Gasteiger charge is -2.07.